The number of rotatable bonds is 5. The third kappa shape index (κ3) is 4.05. The van der Waals surface area contributed by atoms with Crippen LogP contribution in [0.25, 0.3) is 0 Å². The van der Waals surface area contributed by atoms with E-state index in [1.54, 1.807) is 18.2 Å². The normalized spacial score (nSPS) is 19.4. The Hall–Kier alpha value is -3.66. The van der Waals surface area contributed by atoms with Crippen molar-refractivity contribution in [3.63, 3.8) is 0 Å². The maximum absolute atomic E-state index is 13.3. The molecule has 0 saturated carbocycles. The molecule has 2 aliphatic rings. The number of aromatic nitrogens is 1. The van der Waals surface area contributed by atoms with Crippen LogP contribution in [-0.4, -0.2) is 37.2 Å². The topological polar surface area (TPSA) is 109 Å². The first-order valence-corrected chi connectivity index (χ1v) is 12.3. The first-order valence-electron chi connectivity index (χ1n) is 10.8. The average molecular weight is 484 g/mol. The fourth-order valence-electron chi connectivity index (χ4n) is 4.94. The molecule has 2 bridgehead atoms. The zero-order valence-electron chi connectivity index (χ0n) is 18.0. The van der Waals surface area contributed by atoms with E-state index >= 15 is 0 Å². The van der Waals surface area contributed by atoms with Gasteiger partial charge in [-0.3, -0.25) is 9.52 Å². The van der Waals surface area contributed by atoms with Gasteiger partial charge in [-0.2, -0.15) is 0 Å². The molecule has 2 atom stereocenters. The first kappa shape index (κ1) is 22.1. The summed E-state index contributed by atoms with van der Waals surface area (Å²) in [5.41, 5.74) is 1.55. The molecular formula is C24H22FN3O5S. The maximum Gasteiger partial charge on any atom is 0.335 e. The number of nitrogens with zero attached hydrogens (tertiary/aromatic N) is 2. The molecule has 34 heavy (non-hydrogen) atoms. The highest BCUT2D eigenvalue weighted by Gasteiger charge is 2.35. The molecule has 0 amide bonds. The Balaban J connectivity index is 1.52. The van der Waals surface area contributed by atoms with Gasteiger partial charge in [0.25, 0.3) is 15.6 Å². The van der Waals surface area contributed by atoms with Crippen LogP contribution < -0.4 is 15.2 Å². The van der Waals surface area contributed by atoms with E-state index in [1.165, 1.54) is 12.1 Å². The third-order valence-corrected chi connectivity index (χ3v) is 7.81. The van der Waals surface area contributed by atoms with E-state index in [-0.39, 0.29) is 33.5 Å². The standard InChI is InChI=1S/C24H22FN3O5S/c25-18-5-7-19(8-6-18)34(32,33)26-20-11-16(24(30)31)4-9-22(20)27-12-15-10-17(14-27)21-2-1-3-23(29)28(21)13-15/h1-9,11,15,17,26H,10,12-14H2,(H,30,31). The molecule has 3 heterocycles. The summed E-state index contributed by atoms with van der Waals surface area (Å²) in [6.45, 7) is 1.72. The summed E-state index contributed by atoms with van der Waals surface area (Å²) in [5, 5.41) is 9.46. The number of anilines is 2. The lowest BCUT2D eigenvalue weighted by Gasteiger charge is -2.44. The highest BCUT2D eigenvalue weighted by molar-refractivity contribution is 7.92. The highest BCUT2D eigenvalue weighted by Crippen LogP contribution is 2.39. The predicted molar refractivity (Wildman–Crippen MR) is 124 cm³/mol. The number of pyridine rings is 1. The fourth-order valence-corrected chi connectivity index (χ4v) is 6.00. The van der Waals surface area contributed by atoms with Crippen LogP contribution in [0.5, 0.6) is 0 Å². The summed E-state index contributed by atoms with van der Waals surface area (Å²) in [6, 6.07) is 14.0. The molecule has 0 aliphatic carbocycles. The molecule has 2 aromatic carbocycles. The van der Waals surface area contributed by atoms with Gasteiger partial charge in [0.2, 0.25) is 0 Å². The second kappa shape index (κ2) is 8.28. The average Bonchev–Trinajstić information content (AvgIpc) is 2.79. The van der Waals surface area contributed by atoms with Gasteiger partial charge in [0.05, 0.1) is 21.8 Å². The van der Waals surface area contributed by atoms with Gasteiger partial charge in [-0.15, -0.1) is 0 Å². The van der Waals surface area contributed by atoms with Crippen LogP contribution in [0.15, 0.2) is 70.4 Å². The molecule has 1 fully saturated rings. The van der Waals surface area contributed by atoms with Gasteiger partial charge in [-0.05, 0) is 60.9 Å². The zero-order valence-corrected chi connectivity index (χ0v) is 18.8. The van der Waals surface area contributed by atoms with Gasteiger partial charge in [0.1, 0.15) is 5.82 Å². The van der Waals surface area contributed by atoms with Crippen molar-refractivity contribution in [2.24, 2.45) is 5.92 Å². The number of hydrogen-bond acceptors (Lipinski definition) is 5. The van der Waals surface area contributed by atoms with Gasteiger partial charge < -0.3 is 14.6 Å². The lowest BCUT2D eigenvalue weighted by atomic mass is 9.83. The molecule has 5 rings (SSSR count). The van der Waals surface area contributed by atoms with Gasteiger partial charge in [-0.25, -0.2) is 17.6 Å². The van der Waals surface area contributed by atoms with E-state index in [0.717, 1.165) is 36.4 Å². The number of hydrogen-bond donors (Lipinski definition) is 2. The zero-order chi connectivity index (χ0) is 24.0. The van der Waals surface area contributed by atoms with Crippen LogP contribution in [0.4, 0.5) is 15.8 Å². The van der Waals surface area contributed by atoms with E-state index in [4.69, 9.17) is 0 Å². The quantitative estimate of drug-likeness (QED) is 0.577. The number of aromatic carboxylic acids is 1. The van der Waals surface area contributed by atoms with Crippen LogP contribution >= 0.6 is 0 Å². The minimum atomic E-state index is -4.09. The number of halogens is 1. The van der Waals surface area contributed by atoms with Crippen LogP contribution in [0, 0.1) is 11.7 Å². The monoisotopic (exact) mass is 483 g/mol. The minimum Gasteiger partial charge on any atom is -0.478 e. The lowest BCUT2D eigenvalue weighted by Crippen LogP contribution is -2.47. The maximum atomic E-state index is 13.3. The Bertz CT molecular complexity index is 1440. The van der Waals surface area contributed by atoms with Crippen molar-refractivity contribution in [2.45, 2.75) is 23.8 Å². The molecule has 3 aromatic rings. The summed E-state index contributed by atoms with van der Waals surface area (Å²) in [4.78, 5) is 25.8. The van der Waals surface area contributed by atoms with Crippen molar-refractivity contribution >= 4 is 27.4 Å². The summed E-state index contributed by atoms with van der Waals surface area (Å²) in [5.74, 6) is -1.47. The summed E-state index contributed by atoms with van der Waals surface area (Å²) >= 11 is 0. The van der Waals surface area contributed by atoms with Gasteiger partial charge in [-0.1, -0.05) is 6.07 Å². The first-order chi connectivity index (χ1) is 16.2. The minimum absolute atomic E-state index is 0.0285. The second-order valence-electron chi connectivity index (χ2n) is 8.70. The number of benzene rings is 2. The van der Waals surface area contributed by atoms with Gasteiger partial charge >= 0.3 is 5.97 Å². The molecule has 0 radical (unpaired) electrons. The fraction of sp³-hybridized carbons (Fsp3) is 0.250. The predicted octanol–water partition coefficient (Wildman–Crippen LogP) is 3.11. The highest BCUT2D eigenvalue weighted by atomic mass is 32.2. The summed E-state index contributed by atoms with van der Waals surface area (Å²) in [6.07, 6.45) is 0.920. The summed E-state index contributed by atoms with van der Waals surface area (Å²) in [7, 11) is -4.09. The van der Waals surface area contributed by atoms with Gasteiger partial charge in [0.15, 0.2) is 0 Å². The summed E-state index contributed by atoms with van der Waals surface area (Å²) < 4.78 is 43.6. The smallest absolute Gasteiger partial charge is 0.335 e. The van der Waals surface area contributed by atoms with Crippen LogP contribution in [0.1, 0.15) is 28.4 Å². The Kier molecular flexibility index (Phi) is 5.40. The van der Waals surface area contributed by atoms with E-state index < -0.39 is 21.8 Å². The van der Waals surface area contributed by atoms with Crippen molar-refractivity contribution < 1.29 is 22.7 Å². The van der Waals surface area contributed by atoms with E-state index in [9.17, 15) is 27.5 Å². The molecule has 2 aliphatic heterocycles. The second-order valence-corrected chi connectivity index (χ2v) is 10.4. The number of sulfonamides is 1. The molecule has 10 heteroatoms. The molecular weight excluding hydrogens is 461 g/mol. The SMILES string of the molecule is O=C(O)c1ccc(N2CC3CC(C2)c2cccc(=O)n2C3)c(NS(=O)(=O)c2ccc(F)cc2)c1. The Morgan fingerprint density at radius 1 is 1.03 bits per heavy atom. The van der Waals surface area contributed by atoms with Crippen molar-refractivity contribution in [3.8, 4) is 0 Å². The van der Waals surface area contributed by atoms with E-state index in [2.05, 4.69) is 4.72 Å². The van der Waals surface area contributed by atoms with Crippen LogP contribution in [-0.2, 0) is 16.6 Å². The van der Waals surface area contributed by atoms with Crippen molar-refractivity contribution in [1.29, 1.82) is 0 Å². The van der Waals surface area contributed by atoms with Crippen LogP contribution in [0.2, 0.25) is 0 Å². The number of nitrogens with one attached hydrogen (secondary N) is 1. The molecule has 176 valence electrons. The molecule has 1 saturated heterocycles. The number of fused-ring (bicyclic) bond motifs is 4. The third-order valence-electron chi connectivity index (χ3n) is 6.43. The molecule has 8 nitrogen and oxygen atoms in total. The van der Waals surface area contributed by atoms with Crippen molar-refractivity contribution in [2.75, 3.05) is 22.7 Å². The lowest BCUT2D eigenvalue weighted by molar-refractivity contribution is 0.0697. The Labute approximate surface area is 195 Å². The Morgan fingerprint density at radius 2 is 1.79 bits per heavy atom. The number of carboxylic acids is 1. The van der Waals surface area contributed by atoms with Crippen molar-refractivity contribution in [1.82, 2.24) is 4.57 Å². The van der Waals surface area contributed by atoms with Crippen molar-refractivity contribution in [3.05, 3.63) is 88.1 Å². The van der Waals surface area contributed by atoms with E-state index in [1.807, 2.05) is 15.5 Å². The number of piperidine rings is 1. The van der Waals surface area contributed by atoms with Crippen LogP contribution in [0.3, 0.4) is 0 Å². The van der Waals surface area contributed by atoms with Gasteiger partial charge in [0, 0.05) is 37.3 Å². The molecule has 2 unspecified atom stereocenters. The van der Waals surface area contributed by atoms with E-state index in [0.29, 0.717) is 25.3 Å². The molecule has 0 spiro atoms. The number of carboxylic acid groups (broad SMARTS) is 1. The number of carbonyl (C=O) groups is 1. The Morgan fingerprint density at radius 3 is 2.53 bits per heavy atom. The largest absolute Gasteiger partial charge is 0.478 e. The molecule has 1 aromatic heterocycles. The molecule has 2 N–H and O–H groups in total.